The van der Waals surface area contributed by atoms with E-state index in [1.165, 1.54) is 6.33 Å². The third-order valence-corrected chi connectivity index (χ3v) is 1.63. The van der Waals surface area contributed by atoms with Crippen molar-refractivity contribution in [2.24, 2.45) is 11.5 Å². The first-order valence-electron chi connectivity index (χ1n) is 4.08. The molecule has 15 heavy (non-hydrogen) atoms. The van der Waals surface area contributed by atoms with Gasteiger partial charge in [-0.25, -0.2) is 9.78 Å². The molecule has 82 valence electrons. The largest absolute Gasteiger partial charge is 0.374 e. The summed E-state index contributed by atoms with van der Waals surface area (Å²) in [6.07, 6.45) is 3.38. The third-order valence-electron chi connectivity index (χ3n) is 1.55. The van der Waals surface area contributed by atoms with Crippen LogP contribution in [0.15, 0.2) is 12.5 Å². The predicted molar refractivity (Wildman–Crippen MR) is 56.3 cm³/mol. The summed E-state index contributed by atoms with van der Waals surface area (Å²) in [7, 11) is 0. The molecular formula is C7H11N5O2S. The molecule has 0 bridgehead atoms. The highest BCUT2D eigenvalue weighted by Gasteiger charge is 2.16. The van der Waals surface area contributed by atoms with E-state index in [9.17, 15) is 4.79 Å². The number of nitrogens with two attached hydrogens (primary N) is 2. The second-order valence-electron chi connectivity index (χ2n) is 2.77. The number of imidazole rings is 1. The van der Waals surface area contributed by atoms with Crippen LogP contribution in [0, 0.1) is 0 Å². The van der Waals surface area contributed by atoms with Crippen LogP contribution in [0.1, 0.15) is 5.69 Å². The van der Waals surface area contributed by atoms with Gasteiger partial charge in [0.2, 0.25) is 0 Å². The van der Waals surface area contributed by atoms with Gasteiger partial charge in [-0.1, -0.05) is 0 Å². The zero-order valence-electron chi connectivity index (χ0n) is 7.77. The molecule has 0 fully saturated rings. The van der Waals surface area contributed by atoms with Crippen LogP contribution < -0.4 is 16.9 Å². The van der Waals surface area contributed by atoms with Crippen molar-refractivity contribution in [2.45, 2.75) is 12.5 Å². The number of carbonyl (C=O) groups is 1. The van der Waals surface area contributed by atoms with Crippen LogP contribution >= 0.6 is 12.2 Å². The number of nitrogens with zero attached hydrogens (tertiary/aromatic N) is 1. The maximum absolute atomic E-state index is 11.2. The monoisotopic (exact) mass is 229 g/mol. The van der Waals surface area contributed by atoms with Gasteiger partial charge in [0.1, 0.15) is 6.04 Å². The zero-order chi connectivity index (χ0) is 11.3. The van der Waals surface area contributed by atoms with Crippen molar-refractivity contribution >= 4 is 23.3 Å². The highest BCUT2D eigenvalue weighted by Crippen LogP contribution is 1.97. The van der Waals surface area contributed by atoms with E-state index in [4.69, 9.17) is 11.5 Å². The number of H-pyrrole nitrogens is 1. The smallest absolute Gasteiger partial charge is 0.349 e. The zero-order valence-corrected chi connectivity index (χ0v) is 8.58. The summed E-state index contributed by atoms with van der Waals surface area (Å²) >= 11 is 4.45. The lowest BCUT2D eigenvalue weighted by atomic mass is 10.2. The molecule has 0 aliphatic carbocycles. The molecule has 1 rings (SSSR count). The average Bonchev–Trinajstić information content (AvgIpc) is 2.66. The van der Waals surface area contributed by atoms with Gasteiger partial charge >= 0.3 is 5.97 Å². The van der Waals surface area contributed by atoms with Crippen LogP contribution in [0.5, 0.6) is 0 Å². The van der Waals surface area contributed by atoms with Gasteiger partial charge in [0.25, 0.3) is 0 Å². The van der Waals surface area contributed by atoms with Crippen molar-refractivity contribution in [2.75, 3.05) is 0 Å². The molecule has 8 heteroatoms. The van der Waals surface area contributed by atoms with Crippen LogP contribution in [-0.2, 0) is 16.1 Å². The first-order valence-corrected chi connectivity index (χ1v) is 4.49. The van der Waals surface area contributed by atoms with E-state index < -0.39 is 12.0 Å². The second kappa shape index (κ2) is 5.27. The molecule has 0 unspecified atom stereocenters. The number of hydroxylamine groups is 1. The molecule has 1 atom stereocenters. The van der Waals surface area contributed by atoms with E-state index in [0.29, 0.717) is 6.42 Å². The lowest BCUT2D eigenvalue weighted by Gasteiger charge is -2.09. The number of nitrogens with one attached hydrogen (secondary N) is 2. The third kappa shape index (κ3) is 3.92. The molecule has 0 aliphatic heterocycles. The Morgan fingerprint density at radius 2 is 2.53 bits per heavy atom. The first-order chi connectivity index (χ1) is 7.09. The van der Waals surface area contributed by atoms with Gasteiger partial charge in [0.15, 0.2) is 5.11 Å². The molecule has 0 aromatic carbocycles. The molecule has 0 saturated heterocycles. The van der Waals surface area contributed by atoms with E-state index in [2.05, 4.69) is 32.5 Å². The van der Waals surface area contributed by atoms with Crippen LogP contribution in [0.4, 0.5) is 0 Å². The molecular weight excluding hydrogens is 218 g/mol. The summed E-state index contributed by atoms with van der Waals surface area (Å²) in [4.78, 5) is 22.3. The van der Waals surface area contributed by atoms with Crippen LogP contribution in [0.3, 0.4) is 0 Å². The Morgan fingerprint density at radius 3 is 3.07 bits per heavy atom. The normalized spacial score (nSPS) is 11.8. The minimum Gasteiger partial charge on any atom is -0.374 e. The average molecular weight is 229 g/mol. The van der Waals surface area contributed by atoms with Gasteiger partial charge in [0, 0.05) is 18.3 Å². The fraction of sp³-hybridized carbons (Fsp3) is 0.286. The maximum atomic E-state index is 11.2. The SMILES string of the molecule is NC(=S)NOC(=O)[C@@H](N)Cc1cnc[nH]1. The molecule has 6 N–H and O–H groups in total. The van der Waals surface area contributed by atoms with E-state index >= 15 is 0 Å². The standard InChI is InChI=1S/C7H11N5O2S/c8-5(1-4-2-10-3-11-4)6(13)14-12-7(9)15/h2-3,5H,1,8H2,(H,10,11)(H3,9,12,15)/t5-/m0/s1. The number of carbonyl (C=O) groups excluding carboxylic acids is 1. The molecule has 0 aliphatic rings. The fourth-order valence-electron chi connectivity index (χ4n) is 0.893. The van der Waals surface area contributed by atoms with Gasteiger partial charge in [-0.05, 0) is 12.2 Å². The summed E-state index contributed by atoms with van der Waals surface area (Å²) in [5.41, 5.74) is 13.4. The minimum atomic E-state index is -0.799. The van der Waals surface area contributed by atoms with Crippen LogP contribution in [0.25, 0.3) is 0 Å². The molecule has 1 aromatic rings. The summed E-state index contributed by atoms with van der Waals surface area (Å²) in [5.74, 6) is -0.641. The van der Waals surface area contributed by atoms with E-state index in [1.807, 2.05) is 0 Å². The minimum absolute atomic E-state index is 0.128. The maximum Gasteiger partial charge on any atom is 0.349 e. The number of hydrogen-bond acceptors (Lipinski definition) is 5. The highest BCUT2D eigenvalue weighted by molar-refractivity contribution is 7.80. The predicted octanol–water partition coefficient (Wildman–Crippen LogP) is -1.43. The van der Waals surface area contributed by atoms with E-state index in [1.54, 1.807) is 6.20 Å². The number of hydrogen-bond donors (Lipinski definition) is 4. The molecule has 1 heterocycles. The van der Waals surface area contributed by atoms with Crippen molar-refractivity contribution < 1.29 is 9.63 Å². The van der Waals surface area contributed by atoms with Crippen LogP contribution in [0.2, 0.25) is 0 Å². The Morgan fingerprint density at radius 1 is 1.80 bits per heavy atom. The van der Waals surface area contributed by atoms with Crippen molar-refractivity contribution in [3.05, 3.63) is 18.2 Å². The Hall–Kier alpha value is -1.67. The van der Waals surface area contributed by atoms with Crippen molar-refractivity contribution in [3.63, 3.8) is 0 Å². The quantitative estimate of drug-likeness (QED) is 0.370. The highest BCUT2D eigenvalue weighted by atomic mass is 32.1. The summed E-state index contributed by atoms with van der Waals surface area (Å²) < 4.78 is 0. The molecule has 0 saturated carbocycles. The molecule has 7 nitrogen and oxygen atoms in total. The van der Waals surface area contributed by atoms with Gasteiger partial charge in [-0.2, -0.15) is 5.48 Å². The Bertz CT molecular complexity index is 339. The molecule has 0 radical (unpaired) electrons. The summed E-state index contributed by atoms with van der Waals surface area (Å²) in [6.45, 7) is 0. The number of aromatic nitrogens is 2. The number of rotatable bonds is 3. The summed E-state index contributed by atoms with van der Waals surface area (Å²) in [5, 5.41) is -0.128. The Balaban J connectivity index is 2.36. The van der Waals surface area contributed by atoms with Gasteiger partial charge in [-0.3, -0.25) is 0 Å². The van der Waals surface area contributed by atoms with Crippen molar-refractivity contribution in [1.29, 1.82) is 0 Å². The van der Waals surface area contributed by atoms with Crippen LogP contribution in [-0.4, -0.2) is 27.1 Å². The topological polar surface area (TPSA) is 119 Å². The van der Waals surface area contributed by atoms with Gasteiger partial charge < -0.3 is 21.3 Å². The van der Waals surface area contributed by atoms with Crippen molar-refractivity contribution in [3.8, 4) is 0 Å². The van der Waals surface area contributed by atoms with Crippen molar-refractivity contribution in [1.82, 2.24) is 15.4 Å². The Labute approximate surface area is 91.1 Å². The fourth-order valence-corrected chi connectivity index (χ4v) is 0.935. The van der Waals surface area contributed by atoms with Gasteiger partial charge in [-0.15, -0.1) is 0 Å². The molecule has 0 spiro atoms. The lowest BCUT2D eigenvalue weighted by molar-refractivity contribution is -0.149. The first kappa shape index (κ1) is 11.4. The second-order valence-corrected chi connectivity index (χ2v) is 3.21. The van der Waals surface area contributed by atoms with E-state index in [-0.39, 0.29) is 5.11 Å². The van der Waals surface area contributed by atoms with E-state index in [0.717, 1.165) is 5.69 Å². The molecule has 1 aromatic heterocycles. The lowest BCUT2D eigenvalue weighted by Crippen LogP contribution is -2.40. The summed E-state index contributed by atoms with van der Waals surface area (Å²) in [6, 6.07) is -0.799. The molecule has 0 amide bonds. The number of aromatic amines is 1. The Kier molecular flexibility index (Phi) is 4.01. The number of thiocarbonyl (C=S) groups is 1. The van der Waals surface area contributed by atoms with Gasteiger partial charge in [0.05, 0.1) is 6.33 Å².